The van der Waals surface area contributed by atoms with Gasteiger partial charge >= 0.3 is 0 Å². The van der Waals surface area contributed by atoms with Crippen LogP contribution in [0.2, 0.25) is 0 Å². The van der Waals surface area contributed by atoms with Crippen molar-refractivity contribution < 1.29 is 8.95 Å². The first-order valence-corrected chi connectivity index (χ1v) is 6.73. The van der Waals surface area contributed by atoms with Gasteiger partial charge in [0.1, 0.15) is 16.7 Å². The summed E-state index contributed by atoms with van der Waals surface area (Å²) >= 11 is 0. The van der Waals surface area contributed by atoms with Gasteiger partial charge in [0, 0.05) is 6.21 Å². The molecule has 0 radical (unpaired) electrons. The van der Waals surface area contributed by atoms with Gasteiger partial charge in [-0.1, -0.05) is 12.1 Å². The van der Waals surface area contributed by atoms with E-state index in [1.807, 2.05) is 52.0 Å². The monoisotopic (exact) mass is 253 g/mol. The summed E-state index contributed by atoms with van der Waals surface area (Å²) in [6, 6.07) is 7.58. The molecule has 4 heteroatoms. The van der Waals surface area contributed by atoms with Crippen LogP contribution in [0.4, 0.5) is 0 Å². The van der Waals surface area contributed by atoms with Crippen molar-refractivity contribution in [1.29, 1.82) is 0 Å². The van der Waals surface area contributed by atoms with Crippen LogP contribution in [0.5, 0.6) is 5.75 Å². The van der Waals surface area contributed by atoms with Crippen LogP contribution in [0, 0.1) is 0 Å². The van der Waals surface area contributed by atoms with Gasteiger partial charge in [-0.3, -0.25) is 0 Å². The van der Waals surface area contributed by atoms with Gasteiger partial charge in [0.05, 0.1) is 11.4 Å². The predicted molar refractivity (Wildman–Crippen MR) is 73.1 cm³/mol. The Bertz CT molecular complexity index is 422. The van der Waals surface area contributed by atoms with Crippen LogP contribution in [0.25, 0.3) is 0 Å². The molecule has 0 fully saturated rings. The number of hydrogen-bond donors (Lipinski definition) is 0. The molecular weight excluding hydrogens is 234 g/mol. The fraction of sp³-hybridized carbons (Fsp3) is 0.462. The first kappa shape index (κ1) is 13.9. The summed E-state index contributed by atoms with van der Waals surface area (Å²) in [7, 11) is -1.22. The van der Waals surface area contributed by atoms with Gasteiger partial charge in [0.15, 0.2) is 0 Å². The van der Waals surface area contributed by atoms with Gasteiger partial charge in [-0.25, -0.2) is 4.21 Å². The average molecular weight is 253 g/mol. The molecule has 0 saturated carbocycles. The summed E-state index contributed by atoms with van der Waals surface area (Å²) in [5.41, 5.74) is 0.897. The second-order valence-electron chi connectivity index (χ2n) is 4.60. The highest BCUT2D eigenvalue weighted by atomic mass is 32.2. The first-order valence-electron chi connectivity index (χ1n) is 5.62. The highest BCUT2D eigenvalue weighted by Crippen LogP contribution is 2.14. The third-order valence-electron chi connectivity index (χ3n) is 1.99. The van der Waals surface area contributed by atoms with Crippen molar-refractivity contribution in [1.82, 2.24) is 0 Å². The van der Waals surface area contributed by atoms with Crippen molar-refractivity contribution in [2.45, 2.75) is 32.4 Å². The number of hydrogen-bond acceptors (Lipinski definition) is 2. The lowest BCUT2D eigenvalue weighted by Gasteiger charge is -2.12. The van der Waals surface area contributed by atoms with Crippen LogP contribution in [-0.4, -0.2) is 21.8 Å². The summed E-state index contributed by atoms with van der Waals surface area (Å²) in [6.45, 7) is 8.27. The molecule has 0 aliphatic rings. The minimum atomic E-state index is -1.22. The number of ether oxygens (including phenoxy) is 1. The van der Waals surface area contributed by atoms with Crippen LogP contribution in [0.1, 0.15) is 33.3 Å². The van der Waals surface area contributed by atoms with E-state index in [-0.39, 0.29) is 4.75 Å². The quantitative estimate of drug-likeness (QED) is 0.774. The van der Waals surface area contributed by atoms with Crippen LogP contribution in [0.3, 0.4) is 0 Å². The number of benzene rings is 1. The smallest absolute Gasteiger partial charge is 0.144 e. The van der Waals surface area contributed by atoms with Gasteiger partial charge in [-0.05, 0) is 45.4 Å². The Balaban J connectivity index is 2.78. The van der Waals surface area contributed by atoms with Gasteiger partial charge in [-0.15, -0.1) is 0 Å². The molecule has 0 aliphatic heterocycles. The zero-order valence-electron chi connectivity index (χ0n) is 10.8. The molecule has 0 saturated heterocycles. The molecule has 94 valence electrons. The molecule has 0 amide bonds. The summed E-state index contributed by atoms with van der Waals surface area (Å²) in [4.78, 5) is 0. The lowest BCUT2D eigenvalue weighted by Crippen LogP contribution is -2.19. The average Bonchev–Trinajstić information content (AvgIpc) is 2.25. The predicted octanol–water partition coefficient (Wildman–Crippen LogP) is 2.97. The fourth-order valence-electron chi connectivity index (χ4n) is 1.12. The van der Waals surface area contributed by atoms with E-state index in [0.717, 1.165) is 11.3 Å². The molecule has 1 aromatic rings. The highest BCUT2D eigenvalue weighted by Gasteiger charge is 2.17. The molecule has 0 unspecified atom stereocenters. The Morgan fingerprint density at radius 1 is 1.41 bits per heavy atom. The second-order valence-corrected chi connectivity index (χ2v) is 6.54. The van der Waals surface area contributed by atoms with Crippen molar-refractivity contribution in [3.05, 3.63) is 29.8 Å². The van der Waals surface area contributed by atoms with E-state index in [4.69, 9.17) is 4.74 Å². The zero-order chi connectivity index (χ0) is 12.9. The van der Waals surface area contributed by atoms with Gasteiger partial charge in [-0.2, -0.15) is 4.40 Å². The summed E-state index contributed by atoms with van der Waals surface area (Å²) in [5.74, 6) is 0.804. The molecule has 0 bridgehead atoms. The van der Waals surface area contributed by atoms with Crippen LogP contribution >= 0.6 is 0 Å². The molecular formula is C13H19NO2S. The SMILES string of the molecule is CCOc1cccc(/C=N/[S@@](=O)C(C)(C)C)c1. The molecule has 0 aromatic heterocycles. The van der Waals surface area contributed by atoms with E-state index < -0.39 is 11.0 Å². The first-order chi connectivity index (χ1) is 7.93. The van der Waals surface area contributed by atoms with E-state index in [1.165, 1.54) is 0 Å². The maximum Gasteiger partial charge on any atom is 0.144 e. The van der Waals surface area contributed by atoms with E-state index in [9.17, 15) is 4.21 Å². The Hall–Kier alpha value is -1.16. The zero-order valence-corrected chi connectivity index (χ0v) is 11.6. The van der Waals surface area contributed by atoms with Crippen LogP contribution in [0.15, 0.2) is 28.7 Å². The van der Waals surface area contributed by atoms with Gasteiger partial charge in [0.25, 0.3) is 0 Å². The Kier molecular flexibility index (Phi) is 4.87. The number of nitrogens with zero attached hydrogens (tertiary/aromatic N) is 1. The Morgan fingerprint density at radius 3 is 2.71 bits per heavy atom. The van der Waals surface area contributed by atoms with Gasteiger partial charge < -0.3 is 4.74 Å². The Labute approximate surface area is 106 Å². The second kappa shape index (κ2) is 5.96. The molecule has 17 heavy (non-hydrogen) atoms. The van der Waals surface area contributed by atoms with Crippen molar-refractivity contribution in [2.24, 2.45) is 4.40 Å². The van der Waals surface area contributed by atoms with E-state index in [2.05, 4.69) is 4.40 Å². The standard InChI is InChI=1S/C13H19NO2S/c1-5-16-12-8-6-7-11(9-12)10-14-17(15)13(2,3)4/h6-10H,5H2,1-4H3/b14-10+/t17-/m0/s1. The van der Waals surface area contributed by atoms with E-state index in [0.29, 0.717) is 6.61 Å². The molecule has 3 nitrogen and oxygen atoms in total. The normalized spacial score (nSPS) is 13.9. The molecule has 1 rings (SSSR count). The maximum atomic E-state index is 11.7. The van der Waals surface area contributed by atoms with Crippen molar-refractivity contribution in [3.63, 3.8) is 0 Å². The van der Waals surface area contributed by atoms with E-state index in [1.54, 1.807) is 6.21 Å². The molecule has 1 atom stereocenters. The fourth-order valence-corrected chi connectivity index (χ4v) is 1.65. The maximum absolute atomic E-state index is 11.7. The lowest BCUT2D eigenvalue weighted by molar-refractivity contribution is 0.340. The van der Waals surface area contributed by atoms with Crippen LogP contribution < -0.4 is 4.74 Å². The van der Waals surface area contributed by atoms with Gasteiger partial charge in [0.2, 0.25) is 0 Å². The van der Waals surface area contributed by atoms with Crippen molar-refractivity contribution in [2.75, 3.05) is 6.61 Å². The van der Waals surface area contributed by atoms with Crippen molar-refractivity contribution in [3.8, 4) is 5.75 Å². The molecule has 1 aromatic carbocycles. The molecule has 0 spiro atoms. The topological polar surface area (TPSA) is 38.7 Å². The van der Waals surface area contributed by atoms with Crippen LogP contribution in [-0.2, 0) is 11.0 Å². The summed E-state index contributed by atoms with van der Waals surface area (Å²) in [5, 5.41) is 0. The third kappa shape index (κ3) is 4.69. The lowest BCUT2D eigenvalue weighted by atomic mass is 10.2. The largest absolute Gasteiger partial charge is 0.494 e. The summed E-state index contributed by atoms with van der Waals surface area (Å²) < 4.78 is 20.8. The highest BCUT2D eigenvalue weighted by molar-refractivity contribution is 7.85. The molecule has 0 N–H and O–H groups in total. The Morgan fingerprint density at radius 2 is 2.12 bits per heavy atom. The minimum absolute atomic E-state index is 0.325. The molecule has 0 aliphatic carbocycles. The molecule has 0 heterocycles. The van der Waals surface area contributed by atoms with Crippen molar-refractivity contribution >= 4 is 17.2 Å². The summed E-state index contributed by atoms with van der Waals surface area (Å²) in [6.07, 6.45) is 1.63. The third-order valence-corrected chi connectivity index (χ3v) is 3.34. The minimum Gasteiger partial charge on any atom is -0.494 e. The van der Waals surface area contributed by atoms with E-state index >= 15 is 0 Å². The number of rotatable bonds is 4.